The zero-order chi connectivity index (χ0) is 23.5. The van der Waals surface area contributed by atoms with Gasteiger partial charge in [-0.2, -0.15) is 0 Å². The maximum absolute atomic E-state index is 12.6. The van der Waals surface area contributed by atoms with E-state index >= 15 is 0 Å². The minimum atomic E-state index is -0.237. The molecule has 1 aliphatic heterocycles. The Morgan fingerprint density at radius 2 is 1.91 bits per heavy atom. The third-order valence-electron chi connectivity index (χ3n) is 6.90. The summed E-state index contributed by atoms with van der Waals surface area (Å²) >= 11 is 0. The van der Waals surface area contributed by atoms with Crippen LogP contribution in [0.4, 0.5) is 5.69 Å². The molecule has 1 aromatic rings. The van der Waals surface area contributed by atoms with Gasteiger partial charge in [-0.15, -0.1) is 0 Å². The van der Waals surface area contributed by atoms with Crippen LogP contribution in [0.5, 0.6) is 5.75 Å². The molecule has 1 saturated carbocycles. The number of rotatable bonds is 9. The molecule has 0 amide bonds. The molecule has 32 heavy (non-hydrogen) atoms. The fourth-order valence-electron chi connectivity index (χ4n) is 5.10. The molecule has 0 bridgehead atoms. The van der Waals surface area contributed by atoms with E-state index in [1.807, 2.05) is 26.0 Å². The van der Waals surface area contributed by atoms with E-state index in [4.69, 9.17) is 18.9 Å². The summed E-state index contributed by atoms with van der Waals surface area (Å²) < 4.78 is 23.2. The molecule has 2 fully saturated rings. The number of methoxy groups -OCH3 is 2. The van der Waals surface area contributed by atoms with Crippen LogP contribution in [0.1, 0.15) is 57.6 Å². The number of hydrogen-bond acceptors (Lipinski definition) is 6. The van der Waals surface area contributed by atoms with Crippen molar-refractivity contribution in [2.24, 2.45) is 5.92 Å². The van der Waals surface area contributed by atoms with Crippen LogP contribution in [0.15, 0.2) is 23.8 Å². The molecule has 6 heteroatoms. The fourth-order valence-corrected chi connectivity index (χ4v) is 5.10. The molecule has 2 aliphatic rings. The molecule has 5 atom stereocenters. The van der Waals surface area contributed by atoms with Crippen molar-refractivity contribution < 1.29 is 23.7 Å². The number of carbonyl (C=O) groups is 1. The Morgan fingerprint density at radius 1 is 1.22 bits per heavy atom. The molecule has 1 aliphatic carbocycles. The molecule has 1 heterocycles. The summed E-state index contributed by atoms with van der Waals surface area (Å²) in [6.45, 7) is 10.5. The van der Waals surface area contributed by atoms with Crippen LogP contribution in [0.25, 0.3) is 0 Å². The number of benzene rings is 1. The number of aryl methyl sites for hydroxylation is 2. The number of nitrogens with one attached hydrogen (secondary N) is 1. The summed E-state index contributed by atoms with van der Waals surface area (Å²) in [7, 11) is 3.44. The van der Waals surface area contributed by atoms with Gasteiger partial charge in [0.1, 0.15) is 18.4 Å². The summed E-state index contributed by atoms with van der Waals surface area (Å²) in [5, 5.41) is 3.19. The predicted octanol–water partition coefficient (Wildman–Crippen LogP) is 4.96. The van der Waals surface area contributed by atoms with Crippen molar-refractivity contribution in [1.82, 2.24) is 0 Å². The fraction of sp³-hybridized carbons (Fsp3) is 0.654. The molecule has 0 radical (unpaired) electrons. The van der Waals surface area contributed by atoms with Crippen molar-refractivity contribution in [3.8, 4) is 5.75 Å². The van der Waals surface area contributed by atoms with Crippen molar-refractivity contribution in [1.29, 1.82) is 0 Å². The van der Waals surface area contributed by atoms with E-state index in [0.717, 1.165) is 48.2 Å². The van der Waals surface area contributed by atoms with Crippen LogP contribution >= 0.6 is 0 Å². The van der Waals surface area contributed by atoms with Crippen molar-refractivity contribution in [2.75, 3.05) is 26.1 Å². The number of epoxide rings is 1. The van der Waals surface area contributed by atoms with Crippen molar-refractivity contribution >= 4 is 11.7 Å². The molecule has 0 spiro atoms. The zero-order valence-corrected chi connectivity index (χ0v) is 20.6. The third-order valence-corrected chi connectivity index (χ3v) is 6.90. The largest absolute Gasteiger partial charge is 0.496 e. The molecule has 0 aromatic heterocycles. The minimum absolute atomic E-state index is 0.106. The molecule has 1 N–H and O–H groups in total. The van der Waals surface area contributed by atoms with Gasteiger partial charge in [-0.05, 0) is 83.6 Å². The standard InChI is InChI=1S/C26H39NO5/c1-16(2)8-11-23-26(5,32-23)21-14-20(9-10-22(21)29-6)31-24(28)15-27-19-12-17(3)25(30-7)18(4)13-19/h8,12-13,20-23,27H,9-11,14-15H2,1-7H3/t20-,21+,22-,23-,26-/m1/s1. The van der Waals surface area contributed by atoms with E-state index < -0.39 is 0 Å². The van der Waals surface area contributed by atoms with E-state index in [9.17, 15) is 4.79 Å². The van der Waals surface area contributed by atoms with Gasteiger partial charge >= 0.3 is 5.97 Å². The van der Waals surface area contributed by atoms with Crippen molar-refractivity contribution in [3.05, 3.63) is 34.9 Å². The van der Waals surface area contributed by atoms with Crippen LogP contribution in [0, 0.1) is 19.8 Å². The highest BCUT2D eigenvalue weighted by Gasteiger charge is 2.60. The highest BCUT2D eigenvalue weighted by Crippen LogP contribution is 2.51. The van der Waals surface area contributed by atoms with E-state index in [-0.39, 0.29) is 42.3 Å². The quantitative estimate of drug-likeness (QED) is 0.329. The Balaban J connectivity index is 1.55. The summed E-state index contributed by atoms with van der Waals surface area (Å²) in [6.07, 6.45) is 5.84. The number of hydrogen-bond donors (Lipinski definition) is 1. The second-order valence-electron chi connectivity index (χ2n) is 9.61. The Hall–Kier alpha value is -2.05. The molecule has 1 aromatic carbocycles. The number of ether oxygens (including phenoxy) is 4. The minimum Gasteiger partial charge on any atom is -0.496 e. The van der Waals surface area contributed by atoms with Gasteiger partial charge in [0.15, 0.2) is 0 Å². The van der Waals surface area contributed by atoms with Crippen molar-refractivity contribution in [3.63, 3.8) is 0 Å². The lowest BCUT2D eigenvalue weighted by molar-refractivity contribution is -0.152. The number of allylic oxidation sites excluding steroid dienone is 1. The normalized spacial score (nSPS) is 29.2. The SMILES string of the molecule is COc1c(C)cc(NCC(=O)O[C@@H]2CC[C@@H](OC)[C@@H]([C@@]3(C)O[C@@H]3CC=C(C)C)C2)cc1C. The molecular weight excluding hydrogens is 406 g/mol. The van der Waals surface area contributed by atoms with E-state index in [2.05, 4.69) is 32.2 Å². The number of carbonyl (C=O) groups excluding carboxylic acids is 1. The van der Waals surface area contributed by atoms with Gasteiger partial charge in [-0.25, -0.2) is 0 Å². The Kier molecular flexibility index (Phi) is 7.88. The maximum Gasteiger partial charge on any atom is 0.325 e. The highest BCUT2D eigenvalue weighted by atomic mass is 16.6. The lowest BCUT2D eigenvalue weighted by atomic mass is 9.75. The molecule has 3 rings (SSSR count). The van der Waals surface area contributed by atoms with E-state index in [1.54, 1.807) is 14.2 Å². The van der Waals surface area contributed by atoms with E-state index in [0.29, 0.717) is 0 Å². The van der Waals surface area contributed by atoms with Crippen LogP contribution in [-0.2, 0) is 19.0 Å². The molecule has 178 valence electrons. The predicted molar refractivity (Wildman–Crippen MR) is 126 cm³/mol. The maximum atomic E-state index is 12.6. The lowest BCUT2D eigenvalue weighted by Gasteiger charge is -2.37. The Bertz CT molecular complexity index is 824. The first-order valence-electron chi connectivity index (χ1n) is 11.6. The Morgan fingerprint density at radius 3 is 2.50 bits per heavy atom. The summed E-state index contributed by atoms with van der Waals surface area (Å²) in [4.78, 5) is 12.6. The topological polar surface area (TPSA) is 69.3 Å². The first-order chi connectivity index (χ1) is 15.2. The zero-order valence-electron chi connectivity index (χ0n) is 20.6. The van der Waals surface area contributed by atoms with Gasteiger partial charge in [0.2, 0.25) is 0 Å². The molecular formula is C26H39NO5. The van der Waals surface area contributed by atoms with Crippen LogP contribution in [0.2, 0.25) is 0 Å². The number of anilines is 1. The first-order valence-corrected chi connectivity index (χ1v) is 11.6. The molecule has 0 unspecified atom stereocenters. The van der Waals surface area contributed by atoms with Crippen molar-refractivity contribution in [2.45, 2.75) is 84.2 Å². The Labute approximate surface area is 192 Å². The first kappa shape index (κ1) is 24.6. The monoisotopic (exact) mass is 445 g/mol. The average Bonchev–Trinajstić information content (AvgIpc) is 3.42. The van der Waals surface area contributed by atoms with Gasteiger partial charge in [-0.3, -0.25) is 4.79 Å². The van der Waals surface area contributed by atoms with Gasteiger partial charge in [0.25, 0.3) is 0 Å². The number of esters is 1. The average molecular weight is 446 g/mol. The smallest absolute Gasteiger partial charge is 0.325 e. The summed E-state index contributed by atoms with van der Waals surface area (Å²) in [5.41, 5.74) is 4.04. The third kappa shape index (κ3) is 5.65. The molecule has 1 saturated heterocycles. The van der Waals surface area contributed by atoms with E-state index in [1.165, 1.54) is 5.57 Å². The van der Waals surface area contributed by atoms with Gasteiger partial charge in [-0.1, -0.05) is 11.6 Å². The van der Waals surface area contributed by atoms with Crippen LogP contribution < -0.4 is 10.1 Å². The second-order valence-corrected chi connectivity index (χ2v) is 9.61. The van der Waals surface area contributed by atoms with Crippen LogP contribution in [-0.4, -0.2) is 50.6 Å². The van der Waals surface area contributed by atoms with Gasteiger partial charge in [0, 0.05) is 18.7 Å². The summed E-state index contributed by atoms with van der Waals surface area (Å²) in [5.74, 6) is 0.853. The molecule has 6 nitrogen and oxygen atoms in total. The van der Waals surface area contributed by atoms with Gasteiger partial charge in [0.05, 0.1) is 24.9 Å². The lowest BCUT2D eigenvalue weighted by Crippen LogP contribution is -2.43. The summed E-state index contributed by atoms with van der Waals surface area (Å²) in [6, 6.07) is 3.97. The highest BCUT2D eigenvalue weighted by molar-refractivity contribution is 5.75. The second kappa shape index (κ2) is 10.3. The van der Waals surface area contributed by atoms with Gasteiger partial charge < -0.3 is 24.3 Å². The van der Waals surface area contributed by atoms with Crippen LogP contribution in [0.3, 0.4) is 0 Å².